The Morgan fingerprint density at radius 1 is 1.35 bits per heavy atom. The van der Waals surface area contributed by atoms with Gasteiger partial charge in [-0.2, -0.15) is 0 Å². The molecule has 1 atom stereocenters. The smallest absolute Gasteiger partial charge is 0.00450 e. The van der Waals surface area contributed by atoms with Crippen molar-refractivity contribution in [1.82, 2.24) is 15.1 Å². The standard InChI is InChI=1S/C14H29N3/c1-14(6-7-15-11-14)12-17(3)10-13-4-8-16(2)9-5-13/h13,15H,4-12H2,1-3H3. The molecule has 1 unspecified atom stereocenters. The highest BCUT2D eigenvalue weighted by molar-refractivity contribution is 4.86. The summed E-state index contributed by atoms with van der Waals surface area (Å²) in [5.74, 6) is 0.925. The van der Waals surface area contributed by atoms with Gasteiger partial charge in [0.05, 0.1) is 0 Å². The molecule has 0 aromatic heterocycles. The van der Waals surface area contributed by atoms with E-state index in [-0.39, 0.29) is 0 Å². The topological polar surface area (TPSA) is 18.5 Å². The van der Waals surface area contributed by atoms with Crippen LogP contribution in [0.2, 0.25) is 0 Å². The first kappa shape index (κ1) is 13.3. The van der Waals surface area contributed by atoms with Crippen molar-refractivity contribution in [2.45, 2.75) is 26.2 Å². The Bertz CT molecular complexity index is 228. The molecule has 0 radical (unpaired) electrons. The summed E-state index contributed by atoms with van der Waals surface area (Å²) in [5.41, 5.74) is 0.514. The van der Waals surface area contributed by atoms with Crippen LogP contribution in [0, 0.1) is 11.3 Å². The summed E-state index contributed by atoms with van der Waals surface area (Å²) >= 11 is 0. The third-order valence-electron chi connectivity index (χ3n) is 4.52. The van der Waals surface area contributed by atoms with Crippen molar-refractivity contribution in [1.29, 1.82) is 0 Å². The van der Waals surface area contributed by atoms with E-state index in [0.717, 1.165) is 5.92 Å². The molecule has 0 spiro atoms. The Morgan fingerprint density at radius 3 is 2.65 bits per heavy atom. The van der Waals surface area contributed by atoms with E-state index in [1.807, 2.05) is 0 Å². The third kappa shape index (κ3) is 3.94. The van der Waals surface area contributed by atoms with Crippen LogP contribution in [-0.4, -0.2) is 63.2 Å². The second-order valence-electron chi connectivity index (χ2n) is 6.68. The molecule has 1 N–H and O–H groups in total. The minimum absolute atomic E-state index is 0.514. The predicted octanol–water partition coefficient (Wildman–Crippen LogP) is 1.26. The fourth-order valence-corrected chi connectivity index (χ4v) is 3.41. The summed E-state index contributed by atoms with van der Waals surface area (Å²) in [6.07, 6.45) is 4.11. The molecule has 3 heteroatoms. The zero-order chi connectivity index (χ0) is 12.3. The quantitative estimate of drug-likeness (QED) is 0.797. The zero-order valence-electron chi connectivity index (χ0n) is 11.8. The number of likely N-dealkylation sites (tertiary alicyclic amines) is 1. The predicted molar refractivity (Wildman–Crippen MR) is 73.3 cm³/mol. The van der Waals surface area contributed by atoms with E-state index in [2.05, 4.69) is 36.1 Å². The van der Waals surface area contributed by atoms with Crippen molar-refractivity contribution in [3.8, 4) is 0 Å². The lowest BCUT2D eigenvalue weighted by Gasteiger charge is -2.34. The van der Waals surface area contributed by atoms with Crippen LogP contribution < -0.4 is 5.32 Å². The van der Waals surface area contributed by atoms with Gasteiger partial charge in [0, 0.05) is 19.6 Å². The average Bonchev–Trinajstić information content (AvgIpc) is 2.68. The first-order valence-electron chi connectivity index (χ1n) is 7.15. The molecule has 0 saturated carbocycles. The second-order valence-corrected chi connectivity index (χ2v) is 6.68. The van der Waals surface area contributed by atoms with Gasteiger partial charge in [0.1, 0.15) is 0 Å². The number of hydrogen-bond donors (Lipinski definition) is 1. The maximum Gasteiger partial charge on any atom is 0.00450 e. The molecule has 2 rings (SSSR count). The summed E-state index contributed by atoms with van der Waals surface area (Å²) in [6, 6.07) is 0. The van der Waals surface area contributed by atoms with Crippen molar-refractivity contribution in [3.05, 3.63) is 0 Å². The van der Waals surface area contributed by atoms with Crippen LogP contribution in [0.1, 0.15) is 26.2 Å². The molecule has 17 heavy (non-hydrogen) atoms. The Labute approximate surface area is 107 Å². The maximum atomic E-state index is 3.49. The van der Waals surface area contributed by atoms with Crippen LogP contribution in [0.4, 0.5) is 0 Å². The van der Waals surface area contributed by atoms with Crippen molar-refractivity contribution in [3.63, 3.8) is 0 Å². The van der Waals surface area contributed by atoms with Gasteiger partial charge in [-0.05, 0) is 64.3 Å². The van der Waals surface area contributed by atoms with Crippen LogP contribution in [0.15, 0.2) is 0 Å². The molecule has 2 aliphatic rings. The van der Waals surface area contributed by atoms with Gasteiger partial charge in [-0.3, -0.25) is 0 Å². The van der Waals surface area contributed by atoms with Crippen LogP contribution >= 0.6 is 0 Å². The molecule has 0 aromatic rings. The van der Waals surface area contributed by atoms with E-state index in [9.17, 15) is 0 Å². The van der Waals surface area contributed by atoms with Gasteiger partial charge in [0.25, 0.3) is 0 Å². The lowest BCUT2D eigenvalue weighted by Crippen LogP contribution is -2.40. The Hall–Kier alpha value is -0.120. The summed E-state index contributed by atoms with van der Waals surface area (Å²) < 4.78 is 0. The van der Waals surface area contributed by atoms with Gasteiger partial charge in [-0.25, -0.2) is 0 Å². The fraction of sp³-hybridized carbons (Fsp3) is 1.00. The minimum atomic E-state index is 0.514. The van der Waals surface area contributed by atoms with E-state index in [1.165, 1.54) is 58.5 Å². The number of nitrogens with zero attached hydrogens (tertiary/aromatic N) is 2. The molecule has 0 bridgehead atoms. The summed E-state index contributed by atoms with van der Waals surface area (Å²) in [6.45, 7) is 9.96. The van der Waals surface area contributed by atoms with E-state index >= 15 is 0 Å². The van der Waals surface area contributed by atoms with Crippen LogP contribution in [0.3, 0.4) is 0 Å². The maximum absolute atomic E-state index is 3.49. The molecule has 2 fully saturated rings. The van der Waals surface area contributed by atoms with Crippen LogP contribution in [0.25, 0.3) is 0 Å². The molecule has 3 nitrogen and oxygen atoms in total. The second kappa shape index (κ2) is 5.68. The molecule has 100 valence electrons. The van der Waals surface area contributed by atoms with Gasteiger partial charge in [-0.1, -0.05) is 6.92 Å². The van der Waals surface area contributed by atoms with Crippen molar-refractivity contribution >= 4 is 0 Å². The molecule has 0 amide bonds. The molecule has 2 heterocycles. The Kier molecular flexibility index (Phi) is 4.45. The van der Waals surface area contributed by atoms with Crippen molar-refractivity contribution in [2.24, 2.45) is 11.3 Å². The highest BCUT2D eigenvalue weighted by atomic mass is 15.1. The van der Waals surface area contributed by atoms with Gasteiger partial charge >= 0.3 is 0 Å². The molecule has 2 aliphatic heterocycles. The first-order valence-corrected chi connectivity index (χ1v) is 7.15. The zero-order valence-corrected chi connectivity index (χ0v) is 11.8. The third-order valence-corrected chi connectivity index (χ3v) is 4.52. The van der Waals surface area contributed by atoms with E-state index in [1.54, 1.807) is 0 Å². The molecule has 0 aliphatic carbocycles. The normalized spacial score (nSPS) is 32.5. The number of rotatable bonds is 4. The summed E-state index contributed by atoms with van der Waals surface area (Å²) in [4.78, 5) is 5.03. The van der Waals surface area contributed by atoms with Gasteiger partial charge in [0.2, 0.25) is 0 Å². The molecule has 2 saturated heterocycles. The first-order chi connectivity index (χ1) is 8.07. The highest BCUT2D eigenvalue weighted by Crippen LogP contribution is 2.26. The largest absolute Gasteiger partial charge is 0.316 e. The number of piperidine rings is 1. The molecular formula is C14H29N3. The van der Waals surface area contributed by atoms with Crippen molar-refractivity contribution in [2.75, 3.05) is 53.4 Å². The number of nitrogens with one attached hydrogen (secondary N) is 1. The average molecular weight is 239 g/mol. The summed E-state index contributed by atoms with van der Waals surface area (Å²) in [5, 5.41) is 3.49. The van der Waals surface area contributed by atoms with Gasteiger partial charge in [0.15, 0.2) is 0 Å². The van der Waals surface area contributed by atoms with Gasteiger partial charge in [-0.15, -0.1) is 0 Å². The van der Waals surface area contributed by atoms with E-state index < -0.39 is 0 Å². The number of hydrogen-bond acceptors (Lipinski definition) is 3. The summed E-state index contributed by atoms with van der Waals surface area (Å²) in [7, 11) is 4.55. The lowest BCUT2D eigenvalue weighted by molar-refractivity contribution is 0.145. The van der Waals surface area contributed by atoms with E-state index in [4.69, 9.17) is 0 Å². The minimum Gasteiger partial charge on any atom is -0.316 e. The molecule has 0 aromatic carbocycles. The Balaban J connectivity index is 1.71. The monoisotopic (exact) mass is 239 g/mol. The Morgan fingerprint density at radius 2 is 2.06 bits per heavy atom. The highest BCUT2D eigenvalue weighted by Gasteiger charge is 2.30. The SMILES string of the molecule is CN1CCC(CN(C)CC2(C)CCNC2)CC1. The van der Waals surface area contributed by atoms with Crippen LogP contribution in [-0.2, 0) is 0 Å². The van der Waals surface area contributed by atoms with Gasteiger partial charge < -0.3 is 15.1 Å². The van der Waals surface area contributed by atoms with Crippen molar-refractivity contribution < 1.29 is 0 Å². The molecular weight excluding hydrogens is 210 g/mol. The lowest BCUT2D eigenvalue weighted by atomic mass is 9.88. The fourth-order valence-electron chi connectivity index (χ4n) is 3.41. The van der Waals surface area contributed by atoms with Crippen LogP contribution in [0.5, 0.6) is 0 Å². The van der Waals surface area contributed by atoms with E-state index in [0.29, 0.717) is 5.41 Å².